The summed E-state index contributed by atoms with van der Waals surface area (Å²) in [6.07, 6.45) is 7.60. The van der Waals surface area contributed by atoms with Gasteiger partial charge in [0.05, 0.1) is 9.52 Å². The average molecular weight is 481 g/mol. The molecule has 0 aliphatic heterocycles. The highest BCUT2D eigenvalue weighted by Crippen LogP contribution is 2.22. The van der Waals surface area contributed by atoms with E-state index >= 15 is 0 Å². The van der Waals surface area contributed by atoms with E-state index in [9.17, 15) is 0 Å². The summed E-state index contributed by atoms with van der Waals surface area (Å²) >= 11 is 0. The molecule has 0 amide bonds. The molecule has 0 fully saturated rings. The van der Waals surface area contributed by atoms with Crippen LogP contribution in [0.1, 0.15) is 66.2 Å². The molecule has 1 rings (SSSR count). The maximum Gasteiger partial charge on any atom is 0.500 e. The highest BCUT2D eigenvalue weighted by molar-refractivity contribution is 6.60. The zero-order valence-corrected chi connectivity index (χ0v) is 23.8. The van der Waals surface area contributed by atoms with Crippen molar-refractivity contribution in [1.29, 1.82) is 0 Å². The summed E-state index contributed by atoms with van der Waals surface area (Å²) in [4.78, 5) is 4.96. The third-order valence-corrected chi connectivity index (χ3v) is 10.6. The summed E-state index contributed by atoms with van der Waals surface area (Å²) in [6.45, 7) is 13.2. The maximum absolute atomic E-state index is 5.50. The highest BCUT2D eigenvalue weighted by atomic mass is 28.4. The summed E-state index contributed by atoms with van der Waals surface area (Å²) in [7, 11) is 3.61. The first-order valence-electron chi connectivity index (χ1n) is 12.6. The van der Waals surface area contributed by atoms with Crippen molar-refractivity contribution in [3.63, 3.8) is 0 Å². The minimum absolute atomic E-state index is 0.893. The van der Waals surface area contributed by atoms with Gasteiger partial charge in [-0.25, -0.2) is 0 Å². The maximum atomic E-state index is 5.50. The third-order valence-electron chi connectivity index (χ3n) is 6.37. The third kappa shape index (κ3) is 9.17. The normalized spacial score (nSPS) is 11.7. The number of unbranched alkanes of at least 4 members (excludes halogenated alkanes) is 5. The van der Waals surface area contributed by atoms with Gasteiger partial charge in [-0.2, -0.15) is 0 Å². The molecule has 184 valence electrons. The fraction of sp³-hybridized carbons (Fsp3) is 0.760. The molecular formula is C25H48N2O3Si2. The van der Waals surface area contributed by atoms with Gasteiger partial charge in [0.1, 0.15) is 0 Å². The lowest BCUT2D eigenvalue weighted by Gasteiger charge is -2.28. The standard InChI is InChI=1S/C25H48N2O3Si2/c1-8-26(9-2)23-18-19-25(24(22-23)27(10-3)11-4)31-20-16-14-12-13-15-17-21-32(28-5,29-6)30-7/h18-19,22H,8-17,20-21H2,1-7H3. The van der Waals surface area contributed by atoms with Crippen molar-refractivity contribution in [3.05, 3.63) is 18.2 Å². The number of hydrogen-bond donors (Lipinski definition) is 0. The van der Waals surface area contributed by atoms with Crippen LogP contribution in [0.5, 0.6) is 0 Å². The van der Waals surface area contributed by atoms with Crippen molar-refractivity contribution >= 4 is 34.9 Å². The van der Waals surface area contributed by atoms with Crippen LogP contribution in [0.3, 0.4) is 0 Å². The predicted octanol–water partition coefficient (Wildman–Crippen LogP) is 5.35. The second-order valence-corrected chi connectivity index (χ2v) is 12.6. The molecule has 0 saturated heterocycles. The summed E-state index contributed by atoms with van der Waals surface area (Å²) in [6, 6.07) is 9.34. The average Bonchev–Trinajstić information content (AvgIpc) is 2.83. The second-order valence-electron chi connectivity index (χ2n) is 8.14. The van der Waals surface area contributed by atoms with E-state index in [4.69, 9.17) is 13.3 Å². The van der Waals surface area contributed by atoms with E-state index in [0.717, 1.165) is 48.2 Å². The molecule has 0 N–H and O–H groups in total. The Hall–Kier alpha value is -0.866. The summed E-state index contributed by atoms with van der Waals surface area (Å²) < 4.78 is 16.5. The molecule has 0 aromatic heterocycles. The largest absolute Gasteiger partial charge is 0.500 e. The Labute approximate surface area is 202 Å². The van der Waals surface area contributed by atoms with Crippen LogP contribution in [0.2, 0.25) is 12.1 Å². The number of nitrogens with zero attached hydrogens (tertiary/aromatic N) is 2. The molecule has 2 radical (unpaired) electrons. The molecule has 0 heterocycles. The van der Waals surface area contributed by atoms with Crippen LogP contribution in [0, 0.1) is 0 Å². The zero-order valence-electron chi connectivity index (χ0n) is 21.8. The van der Waals surface area contributed by atoms with Crippen LogP contribution >= 0.6 is 0 Å². The Morgan fingerprint density at radius 2 is 1.25 bits per heavy atom. The molecule has 1 aromatic carbocycles. The SMILES string of the molecule is CCN(CC)c1ccc([Si]CCCCCCCC[Si](OC)(OC)OC)c(N(CC)CC)c1. The fourth-order valence-electron chi connectivity index (χ4n) is 4.23. The number of hydrogen-bond acceptors (Lipinski definition) is 5. The van der Waals surface area contributed by atoms with Crippen LogP contribution in [-0.2, 0) is 13.3 Å². The van der Waals surface area contributed by atoms with Crippen molar-refractivity contribution in [2.24, 2.45) is 0 Å². The van der Waals surface area contributed by atoms with E-state index in [2.05, 4.69) is 55.7 Å². The van der Waals surface area contributed by atoms with Gasteiger partial charge in [-0.05, 0) is 51.4 Å². The topological polar surface area (TPSA) is 34.2 Å². The Balaban J connectivity index is 2.45. The van der Waals surface area contributed by atoms with Gasteiger partial charge in [0.15, 0.2) is 0 Å². The van der Waals surface area contributed by atoms with Crippen molar-refractivity contribution < 1.29 is 13.3 Å². The first kappa shape index (κ1) is 29.2. The van der Waals surface area contributed by atoms with Crippen molar-refractivity contribution in [2.75, 3.05) is 57.3 Å². The van der Waals surface area contributed by atoms with Gasteiger partial charge in [0, 0.05) is 64.9 Å². The smallest absolute Gasteiger partial charge is 0.377 e. The number of anilines is 2. The Kier molecular flexibility index (Phi) is 15.2. The summed E-state index contributed by atoms with van der Waals surface area (Å²) in [5.74, 6) is 0. The van der Waals surface area contributed by atoms with E-state index in [1.54, 1.807) is 21.3 Å². The van der Waals surface area contributed by atoms with Gasteiger partial charge in [0.2, 0.25) is 0 Å². The Morgan fingerprint density at radius 3 is 1.78 bits per heavy atom. The lowest BCUT2D eigenvalue weighted by atomic mass is 10.1. The van der Waals surface area contributed by atoms with Crippen LogP contribution < -0.4 is 15.0 Å². The molecule has 5 nitrogen and oxygen atoms in total. The zero-order chi connectivity index (χ0) is 23.8. The highest BCUT2D eigenvalue weighted by Gasteiger charge is 2.36. The summed E-state index contributed by atoms with van der Waals surface area (Å²) in [5.41, 5.74) is 2.80. The van der Waals surface area contributed by atoms with Gasteiger partial charge in [-0.1, -0.05) is 44.2 Å². The lowest BCUT2D eigenvalue weighted by Crippen LogP contribution is -2.42. The van der Waals surface area contributed by atoms with E-state index < -0.39 is 8.80 Å². The molecule has 7 heteroatoms. The van der Waals surface area contributed by atoms with Gasteiger partial charge in [-0.3, -0.25) is 0 Å². The van der Waals surface area contributed by atoms with E-state index in [1.807, 2.05) is 0 Å². The fourth-order valence-corrected chi connectivity index (χ4v) is 7.34. The molecule has 0 atom stereocenters. The summed E-state index contributed by atoms with van der Waals surface area (Å²) in [5, 5.41) is 1.53. The van der Waals surface area contributed by atoms with E-state index in [0.29, 0.717) is 0 Å². The van der Waals surface area contributed by atoms with E-state index in [1.165, 1.54) is 54.7 Å². The van der Waals surface area contributed by atoms with Crippen molar-refractivity contribution in [3.8, 4) is 0 Å². The van der Waals surface area contributed by atoms with Gasteiger partial charge in [0.25, 0.3) is 0 Å². The van der Waals surface area contributed by atoms with Gasteiger partial charge < -0.3 is 23.1 Å². The Morgan fingerprint density at radius 1 is 0.719 bits per heavy atom. The number of benzene rings is 1. The first-order chi connectivity index (χ1) is 15.5. The van der Waals surface area contributed by atoms with Crippen LogP contribution in [-0.4, -0.2) is 65.8 Å². The molecule has 0 bridgehead atoms. The lowest BCUT2D eigenvalue weighted by molar-refractivity contribution is 0.122. The molecule has 0 saturated carbocycles. The van der Waals surface area contributed by atoms with Crippen LogP contribution in [0.4, 0.5) is 11.4 Å². The van der Waals surface area contributed by atoms with Crippen LogP contribution in [0.25, 0.3) is 0 Å². The predicted molar refractivity (Wildman–Crippen MR) is 143 cm³/mol. The van der Waals surface area contributed by atoms with Gasteiger partial charge >= 0.3 is 8.80 Å². The molecule has 0 aliphatic carbocycles. The van der Waals surface area contributed by atoms with Gasteiger partial charge in [-0.15, -0.1) is 0 Å². The number of rotatable bonds is 19. The Bertz CT molecular complexity index is 599. The molecule has 0 aliphatic rings. The quantitative estimate of drug-likeness (QED) is 0.197. The first-order valence-corrected chi connectivity index (χ1v) is 15.7. The molecular weight excluding hydrogens is 432 g/mol. The molecule has 0 unspecified atom stereocenters. The molecule has 32 heavy (non-hydrogen) atoms. The van der Waals surface area contributed by atoms with Crippen LogP contribution in [0.15, 0.2) is 18.2 Å². The van der Waals surface area contributed by atoms with Crippen molar-refractivity contribution in [1.82, 2.24) is 0 Å². The molecule has 0 spiro atoms. The molecule has 1 aromatic rings. The monoisotopic (exact) mass is 480 g/mol. The minimum atomic E-state index is -2.38. The second kappa shape index (κ2) is 16.7. The van der Waals surface area contributed by atoms with Crippen molar-refractivity contribution in [2.45, 2.75) is 78.3 Å². The minimum Gasteiger partial charge on any atom is -0.377 e. The van der Waals surface area contributed by atoms with E-state index in [-0.39, 0.29) is 0 Å².